The Balaban J connectivity index is 2.18. The van der Waals surface area contributed by atoms with Crippen LogP contribution in [0.15, 0.2) is 36.4 Å². The number of nitrogens with one attached hydrogen (secondary N) is 1. The topological polar surface area (TPSA) is 56.1 Å². The van der Waals surface area contributed by atoms with Crippen molar-refractivity contribution >= 4 is 5.91 Å². The first-order chi connectivity index (χ1) is 8.66. The van der Waals surface area contributed by atoms with E-state index in [1.54, 1.807) is 4.68 Å². The van der Waals surface area contributed by atoms with Gasteiger partial charge in [-0.3, -0.25) is 4.79 Å². The van der Waals surface area contributed by atoms with Crippen LogP contribution in [-0.2, 0) is 4.79 Å². The molecule has 0 aliphatic carbocycles. The Hall–Kier alpha value is -2.30. The minimum absolute atomic E-state index is 0.127. The van der Waals surface area contributed by atoms with Crippen LogP contribution in [0.1, 0.15) is 12.6 Å². The van der Waals surface area contributed by atoms with Gasteiger partial charge in [0.1, 0.15) is 0 Å². The number of amides is 1. The Kier molecular flexibility index (Phi) is 3.62. The number of nitrogens with zero attached hydrogens (tertiary/aromatic N) is 2. The van der Waals surface area contributed by atoms with Crippen LogP contribution in [0.5, 0.6) is 5.88 Å². The number of carbonyl (C=O) groups is 1. The molecule has 2 aromatic rings. The summed E-state index contributed by atoms with van der Waals surface area (Å²) in [7, 11) is 0. The molecule has 0 aliphatic heterocycles. The third-order valence-electron chi connectivity index (χ3n) is 2.34. The number of carbonyl (C=O) groups excluding carboxylic acids is 1. The Morgan fingerprint density at radius 2 is 2.11 bits per heavy atom. The highest BCUT2D eigenvalue weighted by molar-refractivity contribution is 5.72. The van der Waals surface area contributed by atoms with E-state index in [0.717, 1.165) is 11.4 Å². The summed E-state index contributed by atoms with van der Waals surface area (Å²) in [6.45, 7) is 3.47. The van der Waals surface area contributed by atoms with Crippen molar-refractivity contribution in [3.63, 3.8) is 0 Å². The van der Waals surface area contributed by atoms with Gasteiger partial charge in [-0.05, 0) is 19.1 Å². The highest BCUT2D eigenvalue weighted by atomic mass is 16.5. The lowest BCUT2D eigenvalue weighted by atomic mass is 10.3. The van der Waals surface area contributed by atoms with Crippen LogP contribution in [0.4, 0.5) is 0 Å². The SMILES string of the molecule is CC(=O)NCOc1cc(C)nn1-c1ccccc1. The number of hydrogen-bond donors (Lipinski definition) is 1. The van der Waals surface area contributed by atoms with Crippen molar-refractivity contribution in [2.24, 2.45) is 0 Å². The fourth-order valence-corrected chi connectivity index (χ4v) is 1.54. The van der Waals surface area contributed by atoms with Crippen molar-refractivity contribution in [2.75, 3.05) is 6.73 Å². The quantitative estimate of drug-likeness (QED) is 0.833. The van der Waals surface area contributed by atoms with E-state index in [-0.39, 0.29) is 12.6 Å². The Morgan fingerprint density at radius 1 is 1.39 bits per heavy atom. The first kappa shape index (κ1) is 12.2. The third kappa shape index (κ3) is 2.88. The molecule has 0 unspecified atom stereocenters. The van der Waals surface area contributed by atoms with Gasteiger partial charge in [0.15, 0.2) is 6.73 Å². The number of benzene rings is 1. The standard InChI is InChI=1S/C13H15N3O2/c1-10-8-13(18-9-14-11(2)17)16(15-10)12-6-4-3-5-7-12/h3-8H,9H2,1-2H3,(H,14,17). The molecule has 1 aromatic carbocycles. The maximum atomic E-state index is 10.8. The highest BCUT2D eigenvalue weighted by Crippen LogP contribution is 2.18. The molecule has 1 amide bonds. The second kappa shape index (κ2) is 5.35. The molecule has 0 fully saturated rings. The van der Waals surface area contributed by atoms with Crippen molar-refractivity contribution in [1.82, 2.24) is 15.1 Å². The second-order valence-electron chi connectivity index (χ2n) is 3.89. The van der Waals surface area contributed by atoms with Crippen LogP contribution >= 0.6 is 0 Å². The zero-order chi connectivity index (χ0) is 13.0. The van der Waals surface area contributed by atoms with Crippen LogP contribution in [0.25, 0.3) is 5.69 Å². The molecule has 94 valence electrons. The van der Waals surface area contributed by atoms with E-state index in [4.69, 9.17) is 4.74 Å². The van der Waals surface area contributed by atoms with Crippen LogP contribution in [0, 0.1) is 6.92 Å². The molecule has 1 aromatic heterocycles. The molecule has 0 saturated carbocycles. The van der Waals surface area contributed by atoms with Crippen LogP contribution in [-0.4, -0.2) is 22.4 Å². The Bertz CT molecular complexity index is 534. The summed E-state index contributed by atoms with van der Waals surface area (Å²) < 4.78 is 7.20. The molecule has 2 rings (SSSR count). The Labute approximate surface area is 105 Å². The molecule has 0 aliphatic rings. The van der Waals surface area contributed by atoms with E-state index >= 15 is 0 Å². The summed E-state index contributed by atoms with van der Waals surface area (Å²) in [6.07, 6.45) is 0. The molecule has 0 saturated heterocycles. The lowest BCUT2D eigenvalue weighted by molar-refractivity contribution is -0.119. The number of aryl methyl sites for hydroxylation is 1. The summed E-state index contributed by atoms with van der Waals surface area (Å²) in [4.78, 5) is 10.8. The van der Waals surface area contributed by atoms with Crippen molar-refractivity contribution < 1.29 is 9.53 Å². The molecule has 18 heavy (non-hydrogen) atoms. The number of aromatic nitrogens is 2. The molecular weight excluding hydrogens is 230 g/mol. The van der Waals surface area contributed by atoms with E-state index in [0.29, 0.717) is 5.88 Å². The third-order valence-corrected chi connectivity index (χ3v) is 2.34. The maximum absolute atomic E-state index is 10.8. The van der Waals surface area contributed by atoms with Gasteiger partial charge in [-0.2, -0.15) is 5.10 Å². The second-order valence-corrected chi connectivity index (χ2v) is 3.89. The van der Waals surface area contributed by atoms with Crippen molar-refractivity contribution in [3.05, 3.63) is 42.1 Å². The smallest absolute Gasteiger partial charge is 0.219 e. The monoisotopic (exact) mass is 245 g/mol. The summed E-state index contributed by atoms with van der Waals surface area (Å²) in [5.41, 5.74) is 1.78. The average Bonchev–Trinajstić information content (AvgIpc) is 2.71. The minimum Gasteiger partial charge on any atom is -0.456 e. The number of ether oxygens (including phenoxy) is 1. The normalized spacial score (nSPS) is 10.1. The van der Waals surface area contributed by atoms with E-state index in [1.165, 1.54) is 6.92 Å². The minimum atomic E-state index is -0.127. The van der Waals surface area contributed by atoms with Gasteiger partial charge in [0.2, 0.25) is 11.8 Å². The molecule has 0 spiro atoms. The number of rotatable bonds is 4. The van der Waals surface area contributed by atoms with E-state index in [1.807, 2.05) is 43.3 Å². The predicted octanol–water partition coefficient (Wildman–Crippen LogP) is 1.65. The molecule has 1 N–H and O–H groups in total. The van der Waals surface area contributed by atoms with Crippen LogP contribution in [0.2, 0.25) is 0 Å². The lowest BCUT2D eigenvalue weighted by Crippen LogP contribution is -2.25. The molecule has 5 heteroatoms. The molecular formula is C13H15N3O2. The van der Waals surface area contributed by atoms with E-state index in [9.17, 15) is 4.79 Å². The summed E-state index contributed by atoms with van der Waals surface area (Å²) in [6, 6.07) is 11.5. The van der Waals surface area contributed by atoms with Gasteiger partial charge >= 0.3 is 0 Å². The van der Waals surface area contributed by atoms with Crippen molar-refractivity contribution in [1.29, 1.82) is 0 Å². The van der Waals surface area contributed by atoms with Gasteiger partial charge in [-0.25, -0.2) is 4.68 Å². The van der Waals surface area contributed by atoms with Crippen molar-refractivity contribution in [2.45, 2.75) is 13.8 Å². The summed E-state index contributed by atoms with van der Waals surface area (Å²) in [5.74, 6) is 0.477. The fraction of sp³-hybridized carbons (Fsp3) is 0.231. The maximum Gasteiger partial charge on any atom is 0.219 e. The first-order valence-corrected chi connectivity index (χ1v) is 5.66. The van der Waals surface area contributed by atoms with Crippen LogP contribution < -0.4 is 10.1 Å². The predicted molar refractivity (Wildman–Crippen MR) is 67.6 cm³/mol. The fourth-order valence-electron chi connectivity index (χ4n) is 1.54. The highest BCUT2D eigenvalue weighted by Gasteiger charge is 2.08. The molecule has 1 heterocycles. The zero-order valence-electron chi connectivity index (χ0n) is 10.4. The number of para-hydroxylation sites is 1. The summed E-state index contributed by atoms with van der Waals surface area (Å²) >= 11 is 0. The molecule has 5 nitrogen and oxygen atoms in total. The average molecular weight is 245 g/mol. The molecule has 0 atom stereocenters. The zero-order valence-corrected chi connectivity index (χ0v) is 10.4. The largest absolute Gasteiger partial charge is 0.456 e. The molecule has 0 radical (unpaired) electrons. The Morgan fingerprint density at radius 3 is 2.78 bits per heavy atom. The van der Waals surface area contributed by atoms with Gasteiger partial charge in [0, 0.05) is 13.0 Å². The number of hydrogen-bond acceptors (Lipinski definition) is 3. The van der Waals surface area contributed by atoms with Gasteiger partial charge in [0.25, 0.3) is 0 Å². The van der Waals surface area contributed by atoms with Gasteiger partial charge in [-0.15, -0.1) is 0 Å². The van der Waals surface area contributed by atoms with Crippen LogP contribution in [0.3, 0.4) is 0 Å². The van der Waals surface area contributed by atoms with Crippen molar-refractivity contribution in [3.8, 4) is 11.6 Å². The van der Waals surface area contributed by atoms with Gasteiger partial charge in [0.05, 0.1) is 11.4 Å². The van der Waals surface area contributed by atoms with E-state index < -0.39 is 0 Å². The lowest BCUT2D eigenvalue weighted by Gasteiger charge is -2.09. The van der Waals surface area contributed by atoms with E-state index in [2.05, 4.69) is 10.4 Å². The first-order valence-electron chi connectivity index (χ1n) is 5.66. The van der Waals surface area contributed by atoms with Gasteiger partial charge in [-0.1, -0.05) is 18.2 Å². The van der Waals surface area contributed by atoms with Gasteiger partial charge < -0.3 is 10.1 Å². The summed E-state index contributed by atoms with van der Waals surface area (Å²) in [5, 5.41) is 6.94. The molecule has 0 bridgehead atoms.